The van der Waals surface area contributed by atoms with Gasteiger partial charge in [0.25, 0.3) is 0 Å². The third-order valence-electron chi connectivity index (χ3n) is 3.97. The first-order valence-corrected chi connectivity index (χ1v) is 7.11. The Bertz CT molecular complexity index is 309. The molecule has 1 heterocycles. The van der Waals surface area contributed by atoms with E-state index in [0.29, 0.717) is 12.5 Å². The Hall–Kier alpha value is -0.650. The van der Waals surface area contributed by atoms with Crippen molar-refractivity contribution < 1.29 is 9.53 Å². The van der Waals surface area contributed by atoms with Gasteiger partial charge < -0.3 is 15.8 Å². The highest BCUT2D eigenvalue weighted by Gasteiger charge is 2.36. The summed E-state index contributed by atoms with van der Waals surface area (Å²) >= 11 is 0. The molecule has 0 aromatic carbocycles. The lowest BCUT2D eigenvalue weighted by Crippen LogP contribution is -2.62. The first-order valence-electron chi connectivity index (χ1n) is 7.11. The van der Waals surface area contributed by atoms with Crippen LogP contribution in [-0.2, 0) is 9.53 Å². The van der Waals surface area contributed by atoms with Gasteiger partial charge in [0.1, 0.15) is 5.54 Å². The number of nitrogens with zero attached hydrogens (tertiary/aromatic N) is 1. The van der Waals surface area contributed by atoms with Crippen molar-refractivity contribution in [3.05, 3.63) is 0 Å². The average molecular weight is 271 g/mol. The minimum absolute atomic E-state index is 0.222. The van der Waals surface area contributed by atoms with Gasteiger partial charge in [-0.25, -0.2) is 0 Å². The maximum absolute atomic E-state index is 11.7. The molecule has 5 heteroatoms. The van der Waals surface area contributed by atoms with E-state index < -0.39 is 5.54 Å². The van der Waals surface area contributed by atoms with Crippen LogP contribution in [-0.4, -0.2) is 55.2 Å². The summed E-state index contributed by atoms with van der Waals surface area (Å²) in [5, 5.41) is 3.29. The summed E-state index contributed by atoms with van der Waals surface area (Å²) in [4.78, 5) is 14.0. The Kier molecular flexibility index (Phi) is 5.77. The van der Waals surface area contributed by atoms with Gasteiger partial charge >= 0.3 is 0 Å². The van der Waals surface area contributed by atoms with Crippen molar-refractivity contribution in [3.8, 4) is 0 Å². The summed E-state index contributed by atoms with van der Waals surface area (Å²) in [6, 6.07) is 0.222. The molecule has 19 heavy (non-hydrogen) atoms. The number of hydrogen-bond acceptors (Lipinski definition) is 4. The average Bonchev–Trinajstić information content (AvgIpc) is 2.30. The van der Waals surface area contributed by atoms with Crippen molar-refractivity contribution in [1.29, 1.82) is 0 Å². The lowest BCUT2D eigenvalue weighted by molar-refractivity contribution is -0.125. The highest BCUT2D eigenvalue weighted by Crippen LogP contribution is 2.21. The number of hydrogen-bond donors (Lipinski definition) is 2. The maximum Gasteiger partial charge on any atom is 0.238 e. The zero-order valence-corrected chi connectivity index (χ0v) is 12.9. The molecular formula is C14H29N3O2. The SMILES string of the molecule is COC1CN(CC(C)(NC(C)C)C(N)=O)CCC1C. The first kappa shape index (κ1) is 16.4. The molecular weight excluding hydrogens is 242 g/mol. The minimum atomic E-state index is -0.687. The van der Waals surface area contributed by atoms with Crippen LogP contribution in [0.4, 0.5) is 0 Å². The van der Waals surface area contributed by atoms with Gasteiger partial charge in [0.2, 0.25) is 5.91 Å². The number of piperidine rings is 1. The van der Waals surface area contributed by atoms with E-state index in [1.165, 1.54) is 0 Å². The van der Waals surface area contributed by atoms with Gasteiger partial charge in [0.15, 0.2) is 0 Å². The van der Waals surface area contributed by atoms with Crippen LogP contribution in [0.3, 0.4) is 0 Å². The number of amides is 1. The van der Waals surface area contributed by atoms with Crippen LogP contribution >= 0.6 is 0 Å². The van der Waals surface area contributed by atoms with Crippen molar-refractivity contribution in [2.75, 3.05) is 26.7 Å². The molecule has 0 spiro atoms. The molecule has 3 atom stereocenters. The summed E-state index contributed by atoms with van der Waals surface area (Å²) < 4.78 is 5.51. The van der Waals surface area contributed by atoms with Gasteiger partial charge in [0, 0.05) is 26.2 Å². The molecule has 3 unspecified atom stereocenters. The van der Waals surface area contributed by atoms with Crippen LogP contribution in [0, 0.1) is 5.92 Å². The van der Waals surface area contributed by atoms with E-state index in [0.717, 1.165) is 19.5 Å². The third kappa shape index (κ3) is 4.44. The van der Waals surface area contributed by atoms with Gasteiger partial charge in [-0.3, -0.25) is 9.69 Å². The predicted molar refractivity (Wildman–Crippen MR) is 76.9 cm³/mol. The molecule has 1 aliphatic rings. The number of likely N-dealkylation sites (tertiary alicyclic amines) is 1. The number of methoxy groups -OCH3 is 1. The molecule has 1 amide bonds. The van der Waals surface area contributed by atoms with Gasteiger partial charge in [-0.2, -0.15) is 0 Å². The second-order valence-electron chi connectivity index (χ2n) is 6.27. The van der Waals surface area contributed by atoms with Crippen LogP contribution in [0.1, 0.15) is 34.1 Å². The number of primary amides is 1. The van der Waals surface area contributed by atoms with E-state index in [1.54, 1.807) is 7.11 Å². The zero-order valence-electron chi connectivity index (χ0n) is 12.9. The minimum Gasteiger partial charge on any atom is -0.380 e. The van der Waals surface area contributed by atoms with E-state index in [1.807, 2.05) is 20.8 Å². The highest BCUT2D eigenvalue weighted by molar-refractivity contribution is 5.84. The molecule has 1 fully saturated rings. The number of nitrogens with one attached hydrogen (secondary N) is 1. The molecule has 5 nitrogen and oxygen atoms in total. The summed E-state index contributed by atoms with van der Waals surface area (Å²) in [5.41, 5.74) is 4.88. The molecule has 0 aromatic rings. The van der Waals surface area contributed by atoms with Gasteiger partial charge in [-0.15, -0.1) is 0 Å². The van der Waals surface area contributed by atoms with Crippen molar-refractivity contribution in [1.82, 2.24) is 10.2 Å². The fraction of sp³-hybridized carbons (Fsp3) is 0.929. The molecule has 0 saturated carbocycles. The predicted octanol–water partition coefficient (Wildman–Crippen LogP) is 0.585. The Morgan fingerprint density at radius 2 is 2.21 bits per heavy atom. The number of nitrogens with two attached hydrogens (primary N) is 1. The standard InChI is InChI=1S/C14H29N3O2/c1-10(2)16-14(4,13(15)18)9-17-7-6-11(3)12(8-17)19-5/h10-12,16H,6-9H2,1-5H3,(H2,15,18). The van der Waals surface area contributed by atoms with Crippen LogP contribution in [0.25, 0.3) is 0 Å². The molecule has 1 aliphatic heterocycles. The van der Waals surface area contributed by atoms with Crippen LogP contribution in [0.5, 0.6) is 0 Å². The molecule has 0 aliphatic carbocycles. The molecule has 1 saturated heterocycles. The number of rotatable bonds is 6. The fourth-order valence-corrected chi connectivity index (χ4v) is 2.83. The molecule has 0 radical (unpaired) electrons. The van der Waals surface area contributed by atoms with Crippen molar-refractivity contribution in [3.63, 3.8) is 0 Å². The Morgan fingerprint density at radius 1 is 1.58 bits per heavy atom. The third-order valence-corrected chi connectivity index (χ3v) is 3.97. The Morgan fingerprint density at radius 3 is 2.68 bits per heavy atom. The zero-order chi connectivity index (χ0) is 14.6. The summed E-state index contributed by atoms with van der Waals surface area (Å²) in [6.07, 6.45) is 1.33. The summed E-state index contributed by atoms with van der Waals surface area (Å²) in [5.74, 6) is 0.271. The van der Waals surface area contributed by atoms with Crippen molar-refractivity contribution in [2.45, 2.75) is 51.8 Å². The molecule has 1 rings (SSSR count). The molecule has 3 N–H and O–H groups in total. The maximum atomic E-state index is 11.7. The summed E-state index contributed by atoms with van der Waals surface area (Å²) in [6.45, 7) is 10.6. The second-order valence-corrected chi connectivity index (χ2v) is 6.27. The van der Waals surface area contributed by atoms with E-state index in [4.69, 9.17) is 10.5 Å². The van der Waals surface area contributed by atoms with Crippen LogP contribution in [0.15, 0.2) is 0 Å². The normalized spacial score (nSPS) is 28.3. The Balaban J connectivity index is 2.67. The van der Waals surface area contributed by atoms with Crippen molar-refractivity contribution in [2.24, 2.45) is 11.7 Å². The number of carbonyl (C=O) groups excluding carboxylic acids is 1. The molecule has 112 valence electrons. The number of ether oxygens (including phenoxy) is 1. The lowest BCUT2D eigenvalue weighted by Gasteiger charge is -2.41. The van der Waals surface area contributed by atoms with Crippen LogP contribution in [0.2, 0.25) is 0 Å². The first-order chi connectivity index (χ1) is 8.78. The molecule has 0 aromatic heterocycles. The molecule has 0 bridgehead atoms. The van der Waals surface area contributed by atoms with E-state index in [9.17, 15) is 4.79 Å². The van der Waals surface area contributed by atoms with E-state index in [-0.39, 0.29) is 18.1 Å². The largest absolute Gasteiger partial charge is 0.380 e. The Labute approximate surface area is 116 Å². The quantitative estimate of drug-likeness (QED) is 0.742. The fourth-order valence-electron chi connectivity index (χ4n) is 2.83. The topological polar surface area (TPSA) is 67.6 Å². The van der Waals surface area contributed by atoms with E-state index >= 15 is 0 Å². The van der Waals surface area contributed by atoms with Crippen LogP contribution < -0.4 is 11.1 Å². The smallest absolute Gasteiger partial charge is 0.238 e. The van der Waals surface area contributed by atoms with E-state index in [2.05, 4.69) is 17.1 Å². The lowest BCUT2D eigenvalue weighted by atomic mass is 9.93. The monoisotopic (exact) mass is 271 g/mol. The van der Waals surface area contributed by atoms with Crippen molar-refractivity contribution >= 4 is 5.91 Å². The number of carbonyl (C=O) groups is 1. The van der Waals surface area contributed by atoms with Gasteiger partial charge in [-0.1, -0.05) is 6.92 Å². The summed E-state index contributed by atoms with van der Waals surface area (Å²) in [7, 11) is 1.75. The highest BCUT2D eigenvalue weighted by atomic mass is 16.5. The second kappa shape index (κ2) is 6.68. The van der Waals surface area contributed by atoms with Gasteiger partial charge in [-0.05, 0) is 39.7 Å². The van der Waals surface area contributed by atoms with Gasteiger partial charge in [0.05, 0.1) is 6.10 Å².